The number of thiazole rings is 1. The molecule has 29 heavy (non-hydrogen) atoms. The Morgan fingerprint density at radius 3 is 2.62 bits per heavy atom. The van der Waals surface area contributed by atoms with Crippen LogP contribution in [0.2, 0.25) is 0 Å². The minimum absolute atomic E-state index is 0.186. The normalized spacial score (nSPS) is 10.7. The van der Waals surface area contributed by atoms with Gasteiger partial charge in [0.15, 0.2) is 0 Å². The van der Waals surface area contributed by atoms with Crippen molar-refractivity contribution in [2.75, 3.05) is 6.61 Å². The van der Waals surface area contributed by atoms with Crippen LogP contribution in [-0.2, 0) is 6.54 Å². The van der Waals surface area contributed by atoms with Crippen LogP contribution in [0.5, 0.6) is 5.75 Å². The van der Waals surface area contributed by atoms with E-state index in [-0.39, 0.29) is 5.91 Å². The van der Waals surface area contributed by atoms with Crippen LogP contribution in [0.1, 0.15) is 23.0 Å². The molecule has 0 unspecified atom stereocenters. The summed E-state index contributed by atoms with van der Waals surface area (Å²) in [5.41, 5.74) is 3.37. The predicted octanol–water partition coefficient (Wildman–Crippen LogP) is 4.32. The zero-order valence-electron chi connectivity index (χ0n) is 15.9. The molecule has 2 aromatic heterocycles. The Balaban J connectivity index is 1.36. The van der Waals surface area contributed by atoms with Gasteiger partial charge in [0.05, 0.1) is 12.3 Å². The Morgan fingerprint density at radius 1 is 1.14 bits per heavy atom. The number of hydrogen-bond acceptors (Lipinski definition) is 5. The molecular formula is C22H20N4O2S. The van der Waals surface area contributed by atoms with Crippen LogP contribution in [0, 0.1) is 0 Å². The molecule has 0 aliphatic heterocycles. The zero-order chi connectivity index (χ0) is 20.1. The summed E-state index contributed by atoms with van der Waals surface area (Å²) in [5.74, 6) is 0.638. The topological polar surface area (TPSA) is 69.0 Å². The van der Waals surface area contributed by atoms with Crippen LogP contribution in [0.4, 0.5) is 0 Å². The third-order valence-corrected chi connectivity index (χ3v) is 5.20. The van der Waals surface area contributed by atoms with Crippen molar-refractivity contribution in [1.82, 2.24) is 20.1 Å². The molecule has 7 heteroatoms. The van der Waals surface area contributed by atoms with Gasteiger partial charge in [0.2, 0.25) is 0 Å². The lowest BCUT2D eigenvalue weighted by Crippen LogP contribution is -2.23. The fourth-order valence-corrected chi connectivity index (χ4v) is 3.64. The highest BCUT2D eigenvalue weighted by Crippen LogP contribution is 2.25. The Bertz CT molecular complexity index is 1070. The maximum absolute atomic E-state index is 12.5. The fourth-order valence-electron chi connectivity index (χ4n) is 2.83. The molecule has 4 aromatic rings. The third-order valence-electron chi connectivity index (χ3n) is 4.31. The van der Waals surface area contributed by atoms with Gasteiger partial charge in [-0.25, -0.2) is 9.67 Å². The van der Waals surface area contributed by atoms with E-state index < -0.39 is 0 Å². The second kappa shape index (κ2) is 8.70. The summed E-state index contributed by atoms with van der Waals surface area (Å²) in [6.07, 6.45) is 3.63. The van der Waals surface area contributed by atoms with Crippen LogP contribution in [0.3, 0.4) is 0 Å². The summed E-state index contributed by atoms with van der Waals surface area (Å²) in [4.78, 5) is 16.9. The number of ether oxygens (including phenoxy) is 1. The van der Waals surface area contributed by atoms with Crippen molar-refractivity contribution in [1.29, 1.82) is 0 Å². The number of aromatic nitrogens is 3. The number of amides is 1. The van der Waals surface area contributed by atoms with Gasteiger partial charge in [-0.2, -0.15) is 5.10 Å². The van der Waals surface area contributed by atoms with Crippen LogP contribution in [-0.4, -0.2) is 27.3 Å². The Morgan fingerprint density at radius 2 is 1.93 bits per heavy atom. The lowest BCUT2D eigenvalue weighted by atomic mass is 10.2. The summed E-state index contributed by atoms with van der Waals surface area (Å²) < 4.78 is 7.25. The van der Waals surface area contributed by atoms with Gasteiger partial charge in [0.25, 0.3) is 5.91 Å². The standard InChI is InChI=1S/C22H20N4O2S/c1-2-28-19-10-6-17(7-11-19)22-25-20(15-29-22)21(27)23-14-16-4-8-18(9-5-16)26-13-3-12-24-26/h3-13,15H,2,14H2,1H3,(H,23,27). The summed E-state index contributed by atoms with van der Waals surface area (Å²) >= 11 is 1.45. The highest BCUT2D eigenvalue weighted by atomic mass is 32.1. The predicted molar refractivity (Wildman–Crippen MR) is 113 cm³/mol. The van der Waals surface area contributed by atoms with Crippen LogP contribution in [0.25, 0.3) is 16.3 Å². The first-order valence-electron chi connectivity index (χ1n) is 9.29. The largest absolute Gasteiger partial charge is 0.494 e. The highest BCUT2D eigenvalue weighted by Gasteiger charge is 2.12. The molecule has 0 spiro atoms. The van der Waals surface area contributed by atoms with Gasteiger partial charge in [-0.15, -0.1) is 11.3 Å². The molecule has 146 valence electrons. The SMILES string of the molecule is CCOc1ccc(-c2nc(C(=O)NCc3ccc(-n4cccn4)cc3)cs2)cc1. The smallest absolute Gasteiger partial charge is 0.271 e. The van der Waals surface area contributed by atoms with Crippen molar-refractivity contribution in [2.24, 2.45) is 0 Å². The van der Waals surface area contributed by atoms with Crippen LogP contribution in [0.15, 0.2) is 72.4 Å². The molecule has 0 radical (unpaired) electrons. The van der Waals surface area contributed by atoms with Gasteiger partial charge in [-0.3, -0.25) is 4.79 Å². The molecule has 0 aliphatic carbocycles. The van der Waals surface area contributed by atoms with Crippen molar-refractivity contribution in [2.45, 2.75) is 13.5 Å². The zero-order valence-corrected chi connectivity index (χ0v) is 16.7. The van der Waals surface area contributed by atoms with E-state index in [1.54, 1.807) is 16.3 Å². The van der Waals surface area contributed by atoms with Gasteiger partial charge in [0.1, 0.15) is 16.5 Å². The molecule has 1 N–H and O–H groups in total. The summed E-state index contributed by atoms with van der Waals surface area (Å²) in [6.45, 7) is 3.02. The number of carbonyl (C=O) groups excluding carboxylic acids is 1. The molecule has 6 nitrogen and oxygen atoms in total. The van der Waals surface area contributed by atoms with Gasteiger partial charge in [-0.05, 0) is 55.0 Å². The second-order valence-corrected chi connectivity index (χ2v) is 7.15. The van der Waals surface area contributed by atoms with E-state index in [1.807, 2.05) is 67.7 Å². The van der Waals surface area contributed by atoms with Gasteiger partial charge in [-0.1, -0.05) is 12.1 Å². The van der Waals surface area contributed by atoms with Crippen molar-refractivity contribution >= 4 is 17.2 Å². The molecule has 1 amide bonds. The van der Waals surface area contributed by atoms with E-state index in [0.29, 0.717) is 18.8 Å². The fraction of sp³-hybridized carbons (Fsp3) is 0.136. The van der Waals surface area contributed by atoms with Gasteiger partial charge in [0, 0.05) is 29.9 Å². The number of hydrogen-bond donors (Lipinski definition) is 1. The molecule has 0 aliphatic rings. The molecule has 4 rings (SSSR count). The van der Waals surface area contributed by atoms with E-state index in [9.17, 15) is 4.79 Å². The molecule has 0 atom stereocenters. The number of rotatable bonds is 7. The number of carbonyl (C=O) groups is 1. The molecular weight excluding hydrogens is 384 g/mol. The van der Waals surface area contributed by atoms with Crippen molar-refractivity contribution in [3.8, 4) is 22.0 Å². The van der Waals surface area contributed by atoms with Gasteiger partial charge < -0.3 is 10.1 Å². The maximum Gasteiger partial charge on any atom is 0.271 e. The quantitative estimate of drug-likeness (QED) is 0.498. The molecule has 2 heterocycles. The lowest BCUT2D eigenvalue weighted by molar-refractivity contribution is 0.0946. The van der Waals surface area contributed by atoms with Gasteiger partial charge >= 0.3 is 0 Å². The second-order valence-electron chi connectivity index (χ2n) is 6.30. The van der Waals surface area contributed by atoms with Crippen molar-refractivity contribution < 1.29 is 9.53 Å². The third kappa shape index (κ3) is 4.52. The monoisotopic (exact) mass is 404 g/mol. The highest BCUT2D eigenvalue weighted by molar-refractivity contribution is 7.13. The Kier molecular flexibility index (Phi) is 5.67. The number of nitrogens with one attached hydrogen (secondary N) is 1. The first-order chi connectivity index (χ1) is 14.2. The number of benzene rings is 2. The van der Waals surface area contributed by atoms with E-state index in [1.165, 1.54) is 11.3 Å². The molecule has 2 aromatic carbocycles. The average molecular weight is 404 g/mol. The first-order valence-corrected chi connectivity index (χ1v) is 10.2. The van der Waals surface area contributed by atoms with Crippen molar-refractivity contribution in [3.63, 3.8) is 0 Å². The van der Waals surface area contributed by atoms with E-state index in [4.69, 9.17) is 4.74 Å². The Hall–Kier alpha value is -3.45. The summed E-state index contributed by atoms with van der Waals surface area (Å²) in [5, 5.41) is 9.71. The van der Waals surface area contributed by atoms with Crippen LogP contribution >= 0.6 is 11.3 Å². The minimum Gasteiger partial charge on any atom is -0.494 e. The number of nitrogens with zero attached hydrogens (tertiary/aromatic N) is 3. The van der Waals surface area contributed by atoms with Crippen molar-refractivity contribution in [3.05, 3.63) is 83.6 Å². The molecule has 0 fully saturated rings. The van der Waals surface area contributed by atoms with E-state index in [0.717, 1.165) is 27.6 Å². The molecule has 0 bridgehead atoms. The summed E-state index contributed by atoms with van der Waals surface area (Å²) in [6, 6.07) is 17.5. The minimum atomic E-state index is -0.186. The Labute approximate surface area is 172 Å². The molecule has 0 saturated heterocycles. The first kappa shape index (κ1) is 18.9. The van der Waals surface area contributed by atoms with Crippen LogP contribution < -0.4 is 10.1 Å². The average Bonchev–Trinajstić information content (AvgIpc) is 3.46. The lowest BCUT2D eigenvalue weighted by Gasteiger charge is -2.06. The maximum atomic E-state index is 12.5. The van der Waals surface area contributed by atoms with E-state index in [2.05, 4.69) is 15.4 Å². The van der Waals surface area contributed by atoms with E-state index >= 15 is 0 Å². The summed E-state index contributed by atoms with van der Waals surface area (Å²) in [7, 11) is 0. The molecule has 0 saturated carbocycles.